The molecule has 0 aliphatic heterocycles. The van der Waals surface area contributed by atoms with E-state index in [9.17, 15) is 0 Å². The van der Waals surface area contributed by atoms with Gasteiger partial charge in [-0.25, -0.2) is 0 Å². The van der Waals surface area contributed by atoms with Gasteiger partial charge in [-0.3, -0.25) is 0 Å². The van der Waals surface area contributed by atoms with Gasteiger partial charge in [0.15, 0.2) is 0 Å². The van der Waals surface area contributed by atoms with E-state index in [0.717, 1.165) is 5.56 Å². The molecule has 13 heavy (non-hydrogen) atoms. The van der Waals surface area contributed by atoms with Crippen molar-refractivity contribution in [2.75, 3.05) is 0 Å². The molecule has 2 N–H and O–H groups in total. The first-order chi connectivity index (χ1) is 6.31. The monoisotopic (exact) mass is 171 g/mol. The van der Waals surface area contributed by atoms with Crippen molar-refractivity contribution in [3.63, 3.8) is 0 Å². The Kier molecular flexibility index (Phi) is 2.08. The molecule has 2 rings (SSSR count). The van der Waals surface area contributed by atoms with Crippen LogP contribution in [0.4, 0.5) is 0 Å². The Balaban J connectivity index is 2.24. The highest BCUT2D eigenvalue weighted by atomic mass is 14.7. The third-order valence-electron chi connectivity index (χ3n) is 2.57. The van der Waals surface area contributed by atoms with E-state index in [0.29, 0.717) is 5.92 Å². The second-order valence-corrected chi connectivity index (χ2v) is 3.63. The van der Waals surface area contributed by atoms with Crippen LogP contribution in [0.1, 0.15) is 30.0 Å². The third-order valence-corrected chi connectivity index (χ3v) is 2.57. The fourth-order valence-electron chi connectivity index (χ4n) is 1.56. The molecular formula is C12H13N. The van der Waals surface area contributed by atoms with Crippen LogP contribution in [-0.2, 0) is 0 Å². The summed E-state index contributed by atoms with van der Waals surface area (Å²) in [6.07, 6.45) is 7.85. The number of hydrogen-bond donors (Lipinski definition) is 1. The molecule has 1 heteroatoms. The summed E-state index contributed by atoms with van der Waals surface area (Å²) in [6, 6.07) is 8.18. The zero-order valence-electron chi connectivity index (χ0n) is 7.53. The van der Waals surface area contributed by atoms with Gasteiger partial charge in [0.2, 0.25) is 0 Å². The van der Waals surface area contributed by atoms with E-state index in [1.165, 1.54) is 18.4 Å². The van der Waals surface area contributed by atoms with E-state index < -0.39 is 0 Å². The molecule has 1 nitrogen and oxygen atoms in total. The topological polar surface area (TPSA) is 26.0 Å². The third kappa shape index (κ3) is 1.74. The van der Waals surface area contributed by atoms with E-state index in [1.807, 2.05) is 18.2 Å². The van der Waals surface area contributed by atoms with E-state index in [2.05, 4.69) is 12.0 Å². The predicted molar refractivity (Wildman–Crippen MR) is 54.0 cm³/mol. The molecule has 1 atom stereocenters. The minimum Gasteiger partial charge on any atom is -0.324 e. The van der Waals surface area contributed by atoms with Gasteiger partial charge in [0, 0.05) is 11.6 Å². The average molecular weight is 171 g/mol. The molecule has 0 bridgehead atoms. The van der Waals surface area contributed by atoms with Crippen molar-refractivity contribution in [2.24, 2.45) is 11.7 Å². The lowest BCUT2D eigenvalue weighted by atomic mass is 10.0. The first kappa shape index (κ1) is 8.34. The minimum atomic E-state index is 0.188. The number of rotatable bonds is 2. The Morgan fingerprint density at radius 1 is 1.46 bits per heavy atom. The molecule has 0 aromatic heterocycles. The van der Waals surface area contributed by atoms with Crippen molar-refractivity contribution in [3.05, 3.63) is 35.4 Å². The van der Waals surface area contributed by atoms with Crippen molar-refractivity contribution >= 4 is 0 Å². The lowest BCUT2D eigenvalue weighted by Crippen LogP contribution is -2.12. The lowest BCUT2D eigenvalue weighted by Gasteiger charge is -2.10. The molecule has 0 saturated heterocycles. The zero-order valence-corrected chi connectivity index (χ0v) is 7.53. The first-order valence-electron chi connectivity index (χ1n) is 4.63. The Hall–Kier alpha value is -1.26. The summed E-state index contributed by atoms with van der Waals surface area (Å²) in [6.45, 7) is 0. The van der Waals surface area contributed by atoms with Gasteiger partial charge >= 0.3 is 0 Å². The second-order valence-electron chi connectivity index (χ2n) is 3.63. The molecule has 1 aliphatic rings. The van der Waals surface area contributed by atoms with Crippen LogP contribution >= 0.6 is 0 Å². The molecule has 0 heterocycles. The van der Waals surface area contributed by atoms with E-state index in [-0.39, 0.29) is 6.04 Å². The van der Waals surface area contributed by atoms with Gasteiger partial charge in [-0.2, -0.15) is 0 Å². The summed E-state index contributed by atoms with van der Waals surface area (Å²) >= 11 is 0. The van der Waals surface area contributed by atoms with Gasteiger partial charge in [0.05, 0.1) is 0 Å². The number of hydrogen-bond acceptors (Lipinski definition) is 1. The fourth-order valence-corrected chi connectivity index (χ4v) is 1.56. The van der Waals surface area contributed by atoms with Gasteiger partial charge in [-0.1, -0.05) is 18.1 Å². The highest BCUT2D eigenvalue weighted by Crippen LogP contribution is 2.39. The first-order valence-corrected chi connectivity index (χ1v) is 4.63. The van der Waals surface area contributed by atoms with Crippen LogP contribution in [0.2, 0.25) is 0 Å². The summed E-state index contributed by atoms with van der Waals surface area (Å²) in [7, 11) is 0. The van der Waals surface area contributed by atoms with Crippen LogP contribution in [0.25, 0.3) is 0 Å². The number of benzene rings is 1. The van der Waals surface area contributed by atoms with Gasteiger partial charge in [0.25, 0.3) is 0 Å². The fraction of sp³-hybridized carbons (Fsp3) is 0.333. The standard InChI is InChI=1S/C12H13N/c1-2-9-4-3-5-11(8-9)12(13)10-6-7-10/h1,3-5,8,10,12H,6-7,13H2/t12-/m1/s1. The van der Waals surface area contributed by atoms with E-state index >= 15 is 0 Å². The summed E-state index contributed by atoms with van der Waals surface area (Å²) in [5.41, 5.74) is 8.16. The van der Waals surface area contributed by atoms with Crippen molar-refractivity contribution in [1.82, 2.24) is 0 Å². The van der Waals surface area contributed by atoms with E-state index in [4.69, 9.17) is 12.2 Å². The highest BCUT2D eigenvalue weighted by molar-refractivity contribution is 5.36. The SMILES string of the molecule is C#Cc1cccc([C@H](N)C2CC2)c1. The predicted octanol–water partition coefficient (Wildman–Crippen LogP) is 2.08. The number of terminal acetylenes is 1. The normalized spacial score (nSPS) is 17.8. The van der Waals surface area contributed by atoms with Gasteiger partial charge in [0.1, 0.15) is 0 Å². The summed E-state index contributed by atoms with van der Waals surface area (Å²) in [4.78, 5) is 0. The van der Waals surface area contributed by atoms with Gasteiger partial charge in [-0.15, -0.1) is 6.42 Å². The van der Waals surface area contributed by atoms with Crippen molar-refractivity contribution < 1.29 is 0 Å². The summed E-state index contributed by atoms with van der Waals surface area (Å²) in [5.74, 6) is 3.31. The van der Waals surface area contributed by atoms with Crippen LogP contribution < -0.4 is 5.73 Å². The Bertz CT molecular complexity index is 344. The van der Waals surface area contributed by atoms with Crippen LogP contribution in [0.15, 0.2) is 24.3 Å². The minimum absolute atomic E-state index is 0.188. The molecule has 0 radical (unpaired) electrons. The maximum atomic E-state index is 6.06. The molecule has 66 valence electrons. The maximum Gasteiger partial charge on any atom is 0.0323 e. The quantitative estimate of drug-likeness (QED) is 0.677. The molecule has 1 saturated carbocycles. The Morgan fingerprint density at radius 3 is 2.85 bits per heavy atom. The van der Waals surface area contributed by atoms with Crippen molar-refractivity contribution in [1.29, 1.82) is 0 Å². The van der Waals surface area contributed by atoms with E-state index in [1.54, 1.807) is 0 Å². The second kappa shape index (κ2) is 3.24. The molecule has 1 aliphatic carbocycles. The molecule has 0 spiro atoms. The molecule has 1 fully saturated rings. The van der Waals surface area contributed by atoms with Crippen LogP contribution in [0, 0.1) is 18.3 Å². The molecule has 0 unspecified atom stereocenters. The van der Waals surface area contributed by atoms with Crippen molar-refractivity contribution in [3.8, 4) is 12.3 Å². The molecular weight excluding hydrogens is 158 g/mol. The van der Waals surface area contributed by atoms with Crippen LogP contribution in [-0.4, -0.2) is 0 Å². The van der Waals surface area contributed by atoms with Crippen LogP contribution in [0.5, 0.6) is 0 Å². The smallest absolute Gasteiger partial charge is 0.0323 e. The maximum absolute atomic E-state index is 6.06. The zero-order chi connectivity index (χ0) is 9.26. The summed E-state index contributed by atoms with van der Waals surface area (Å²) in [5, 5.41) is 0. The van der Waals surface area contributed by atoms with Crippen molar-refractivity contribution in [2.45, 2.75) is 18.9 Å². The number of nitrogens with two attached hydrogens (primary N) is 1. The van der Waals surface area contributed by atoms with Gasteiger partial charge < -0.3 is 5.73 Å². The lowest BCUT2D eigenvalue weighted by molar-refractivity contribution is 0.633. The molecule has 0 amide bonds. The van der Waals surface area contributed by atoms with Gasteiger partial charge in [-0.05, 0) is 36.5 Å². The summed E-state index contributed by atoms with van der Waals surface area (Å²) < 4.78 is 0. The largest absolute Gasteiger partial charge is 0.324 e. The molecule has 1 aromatic rings. The Labute approximate surface area is 79.0 Å². The molecule has 1 aromatic carbocycles. The highest BCUT2D eigenvalue weighted by Gasteiger charge is 2.29. The van der Waals surface area contributed by atoms with Crippen LogP contribution in [0.3, 0.4) is 0 Å². The Morgan fingerprint density at radius 2 is 2.23 bits per heavy atom. The average Bonchev–Trinajstić information content (AvgIpc) is 3.00.